The molecule has 3 N–H and O–H groups in total. The van der Waals surface area contributed by atoms with Gasteiger partial charge in [-0.3, -0.25) is 0 Å². The van der Waals surface area contributed by atoms with E-state index < -0.39 is 11.9 Å². The Balaban J connectivity index is 2.01. The van der Waals surface area contributed by atoms with Crippen LogP contribution in [-0.4, -0.2) is 36.3 Å². The van der Waals surface area contributed by atoms with Crippen LogP contribution in [0.2, 0.25) is 0 Å². The van der Waals surface area contributed by atoms with Gasteiger partial charge in [-0.1, -0.05) is 0 Å². The van der Waals surface area contributed by atoms with Crippen molar-refractivity contribution in [2.24, 2.45) is 5.73 Å². The summed E-state index contributed by atoms with van der Waals surface area (Å²) >= 11 is 0. The van der Waals surface area contributed by atoms with Crippen LogP contribution in [0.15, 0.2) is 0 Å². The molecule has 4 nitrogen and oxygen atoms in total. The standard InChI is InChI=1S/C8H15NO3/c9-6-1-2-8(5-7(6)10)11-3-4-12-8/h6-7,10H,1-5,9H2/t6-,7+/m1/s1. The Bertz CT molecular complexity index is 168. The van der Waals surface area contributed by atoms with Crippen molar-refractivity contribution in [3.63, 3.8) is 0 Å². The number of rotatable bonds is 0. The summed E-state index contributed by atoms with van der Waals surface area (Å²) in [5.41, 5.74) is 5.67. The summed E-state index contributed by atoms with van der Waals surface area (Å²) in [6.07, 6.45) is 1.64. The first kappa shape index (κ1) is 8.44. The van der Waals surface area contributed by atoms with E-state index in [9.17, 15) is 5.11 Å². The van der Waals surface area contributed by atoms with E-state index in [0.717, 1.165) is 12.8 Å². The average molecular weight is 173 g/mol. The highest BCUT2D eigenvalue weighted by molar-refractivity contribution is 4.89. The molecule has 0 radical (unpaired) electrons. The number of aliphatic hydroxyl groups is 1. The third kappa shape index (κ3) is 1.35. The van der Waals surface area contributed by atoms with E-state index in [1.54, 1.807) is 0 Å². The Morgan fingerprint density at radius 1 is 1.33 bits per heavy atom. The largest absolute Gasteiger partial charge is 0.391 e. The summed E-state index contributed by atoms with van der Waals surface area (Å²) < 4.78 is 10.9. The van der Waals surface area contributed by atoms with Crippen LogP contribution in [0.1, 0.15) is 19.3 Å². The zero-order valence-corrected chi connectivity index (χ0v) is 7.03. The second-order valence-electron chi connectivity index (χ2n) is 3.58. The molecule has 2 atom stereocenters. The Morgan fingerprint density at radius 3 is 2.58 bits per heavy atom. The first-order valence-electron chi connectivity index (χ1n) is 4.43. The van der Waals surface area contributed by atoms with Crippen LogP contribution in [0, 0.1) is 0 Å². The Kier molecular flexibility index (Phi) is 2.08. The van der Waals surface area contributed by atoms with Gasteiger partial charge in [-0.25, -0.2) is 0 Å². The van der Waals surface area contributed by atoms with E-state index in [-0.39, 0.29) is 6.04 Å². The van der Waals surface area contributed by atoms with Crippen molar-refractivity contribution >= 4 is 0 Å². The lowest BCUT2D eigenvalue weighted by Crippen LogP contribution is -2.48. The lowest BCUT2D eigenvalue weighted by molar-refractivity contribution is -0.198. The van der Waals surface area contributed by atoms with Gasteiger partial charge in [0.15, 0.2) is 5.79 Å². The molecule has 0 aromatic carbocycles. The molecule has 2 fully saturated rings. The topological polar surface area (TPSA) is 64.7 Å². The molecule has 0 aromatic rings. The van der Waals surface area contributed by atoms with E-state index in [1.807, 2.05) is 0 Å². The SMILES string of the molecule is N[C@@H]1CCC2(C[C@@H]1O)OCCO2. The van der Waals surface area contributed by atoms with Crippen molar-refractivity contribution in [3.8, 4) is 0 Å². The van der Waals surface area contributed by atoms with E-state index in [4.69, 9.17) is 15.2 Å². The van der Waals surface area contributed by atoms with Crippen molar-refractivity contribution in [2.75, 3.05) is 13.2 Å². The first-order chi connectivity index (χ1) is 5.72. The fraction of sp³-hybridized carbons (Fsp3) is 1.00. The number of hydrogen-bond acceptors (Lipinski definition) is 4. The molecule has 0 aromatic heterocycles. The summed E-state index contributed by atoms with van der Waals surface area (Å²) in [4.78, 5) is 0. The number of hydrogen-bond donors (Lipinski definition) is 2. The lowest BCUT2D eigenvalue weighted by atomic mass is 9.88. The van der Waals surface area contributed by atoms with Gasteiger partial charge in [-0.2, -0.15) is 0 Å². The van der Waals surface area contributed by atoms with Gasteiger partial charge in [-0.05, 0) is 6.42 Å². The fourth-order valence-electron chi connectivity index (χ4n) is 1.91. The smallest absolute Gasteiger partial charge is 0.171 e. The maximum atomic E-state index is 9.52. The number of ether oxygens (including phenoxy) is 2. The van der Waals surface area contributed by atoms with Crippen LogP contribution in [0.25, 0.3) is 0 Å². The Morgan fingerprint density at radius 2 is 2.00 bits per heavy atom. The molecule has 4 heteroatoms. The summed E-state index contributed by atoms with van der Waals surface area (Å²) in [6, 6.07) is -0.108. The van der Waals surface area contributed by atoms with Crippen molar-refractivity contribution in [1.29, 1.82) is 0 Å². The molecule has 70 valence electrons. The normalized spacial score (nSPS) is 40.5. The molecular formula is C8H15NO3. The fourth-order valence-corrected chi connectivity index (χ4v) is 1.91. The van der Waals surface area contributed by atoms with Gasteiger partial charge >= 0.3 is 0 Å². The molecule has 0 amide bonds. The first-order valence-corrected chi connectivity index (χ1v) is 4.43. The van der Waals surface area contributed by atoms with Gasteiger partial charge in [0.05, 0.1) is 19.3 Å². The highest BCUT2D eigenvalue weighted by Crippen LogP contribution is 2.35. The molecule has 12 heavy (non-hydrogen) atoms. The van der Waals surface area contributed by atoms with E-state index >= 15 is 0 Å². The molecule has 0 unspecified atom stereocenters. The van der Waals surface area contributed by atoms with Crippen LogP contribution in [-0.2, 0) is 9.47 Å². The molecular weight excluding hydrogens is 158 g/mol. The summed E-state index contributed by atoms with van der Waals surface area (Å²) in [7, 11) is 0. The minimum atomic E-state index is -0.505. The molecule has 1 aliphatic carbocycles. The van der Waals surface area contributed by atoms with Gasteiger partial charge in [0.2, 0.25) is 0 Å². The van der Waals surface area contributed by atoms with Gasteiger partial charge in [0.25, 0.3) is 0 Å². The van der Waals surface area contributed by atoms with Crippen LogP contribution < -0.4 is 5.73 Å². The van der Waals surface area contributed by atoms with Crippen LogP contribution >= 0.6 is 0 Å². The summed E-state index contributed by atoms with van der Waals surface area (Å²) in [5.74, 6) is -0.505. The zero-order chi connectivity index (χ0) is 8.60. The van der Waals surface area contributed by atoms with Gasteiger partial charge < -0.3 is 20.3 Å². The summed E-state index contributed by atoms with van der Waals surface area (Å²) in [5, 5.41) is 9.52. The highest BCUT2D eigenvalue weighted by Gasteiger charge is 2.43. The van der Waals surface area contributed by atoms with E-state index in [2.05, 4.69) is 0 Å². The second kappa shape index (κ2) is 2.96. The third-order valence-corrected chi connectivity index (χ3v) is 2.69. The van der Waals surface area contributed by atoms with Gasteiger partial charge in [0, 0.05) is 18.9 Å². The molecule has 1 aliphatic heterocycles. The molecule has 1 saturated heterocycles. The predicted molar refractivity (Wildman–Crippen MR) is 42.5 cm³/mol. The third-order valence-electron chi connectivity index (χ3n) is 2.69. The van der Waals surface area contributed by atoms with E-state index in [0.29, 0.717) is 19.6 Å². The second-order valence-corrected chi connectivity index (χ2v) is 3.58. The summed E-state index contributed by atoms with van der Waals surface area (Å²) in [6.45, 7) is 1.28. The van der Waals surface area contributed by atoms with Crippen molar-refractivity contribution < 1.29 is 14.6 Å². The van der Waals surface area contributed by atoms with Crippen molar-refractivity contribution in [2.45, 2.75) is 37.2 Å². The lowest BCUT2D eigenvalue weighted by Gasteiger charge is -2.37. The van der Waals surface area contributed by atoms with Crippen LogP contribution in [0.3, 0.4) is 0 Å². The van der Waals surface area contributed by atoms with Crippen molar-refractivity contribution in [3.05, 3.63) is 0 Å². The van der Waals surface area contributed by atoms with Gasteiger partial charge in [0.1, 0.15) is 0 Å². The van der Waals surface area contributed by atoms with Crippen LogP contribution in [0.4, 0.5) is 0 Å². The minimum Gasteiger partial charge on any atom is -0.391 e. The number of aliphatic hydroxyl groups excluding tert-OH is 1. The van der Waals surface area contributed by atoms with Gasteiger partial charge in [-0.15, -0.1) is 0 Å². The minimum absolute atomic E-state index is 0.108. The Hall–Kier alpha value is -0.160. The monoisotopic (exact) mass is 173 g/mol. The Labute approximate surface area is 71.6 Å². The molecule has 1 spiro atoms. The van der Waals surface area contributed by atoms with Crippen LogP contribution in [0.5, 0.6) is 0 Å². The van der Waals surface area contributed by atoms with E-state index in [1.165, 1.54) is 0 Å². The number of nitrogens with two attached hydrogens (primary N) is 1. The zero-order valence-electron chi connectivity index (χ0n) is 7.03. The molecule has 0 bridgehead atoms. The average Bonchev–Trinajstić information content (AvgIpc) is 2.47. The highest BCUT2D eigenvalue weighted by atomic mass is 16.7. The maximum absolute atomic E-state index is 9.52. The predicted octanol–water partition coefficient (Wildman–Crippen LogP) is -0.398. The molecule has 1 heterocycles. The quantitative estimate of drug-likeness (QED) is 0.523. The van der Waals surface area contributed by atoms with Crippen molar-refractivity contribution in [1.82, 2.24) is 0 Å². The molecule has 2 rings (SSSR count). The maximum Gasteiger partial charge on any atom is 0.171 e. The molecule has 2 aliphatic rings. The molecule has 1 saturated carbocycles.